The van der Waals surface area contributed by atoms with Crippen molar-refractivity contribution in [3.63, 3.8) is 0 Å². The fourth-order valence-electron chi connectivity index (χ4n) is 2.48. The molecule has 0 bridgehead atoms. The van der Waals surface area contributed by atoms with Gasteiger partial charge in [-0.05, 0) is 42.8 Å². The lowest BCUT2D eigenvalue weighted by Crippen LogP contribution is -2.30. The van der Waals surface area contributed by atoms with Crippen LogP contribution in [0, 0.1) is 6.92 Å². The normalized spacial score (nSPS) is 10.6. The maximum atomic E-state index is 13.0. The summed E-state index contributed by atoms with van der Waals surface area (Å²) in [5, 5.41) is 3.36. The van der Waals surface area contributed by atoms with Gasteiger partial charge in [-0.2, -0.15) is 0 Å². The minimum Gasteiger partial charge on any atom is -0.459 e. The lowest BCUT2D eigenvalue weighted by molar-refractivity contribution is 0.0768. The van der Waals surface area contributed by atoms with E-state index in [2.05, 4.69) is 11.9 Å². The molecular formula is C19H17ClN2O3S2. The number of furan rings is 1. The lowest BCUT2D eigenvalue weighted by atomic mass is 10.2. The minimum atomic E-state index is -0.351. The van der Waals surface area contributed by atoms with E-state index in [4.69, 9.17) is 16.0 Å². The second kappa shape index (κ2) is 8.56. The number of nitrogens with one attached hydrogen (secondary N) is 1. The van der Waals surface area contributed by atoms with E-state index in [9.17, 15) is 9.59 Å². The number of amides is 2. The maximum absolute atomic E-state index is 13.0. The quantitative estimate of drug-likeness (QED) is 0.517. The van der Waals surface area contributed by atoms with E-state index in [1.807, 2.05) is 19.1 Å². The van der Waals surface area contributed by atoms with Gasteiger partial charge in [-0.1, -0.05) is 17.7 Å². The van der Waals surface area contributed by atoms with Crippen molar-refractivity contribution in [1.82, 2.24) is 4.90 Å². The Balaban J connectivity index is 1.77. The summed E-state index contributed by atoms with van der Waals surface area (Å²) in [6.45, 7) is 6.45. The first-order valence-electron chi connectivity index (χ1n) is 8.07. The van der Waals surface area contributed by atoms with E-state index in [1.54, 1.807) is 29.2 Å². The van der Waals surface area contributed by atoms with Gasteiger partial charge in [0.05, 0.1) is 27.0 Å². The first-order valence-corrected chi connectivity index (χ1v) is 10.1. The molecule has 3 aromatic rings. The van der Waals surface area contributed by atoms with Crippen molar-refractivity contribution in [1.29, 1.82) is 0 Å². The van der Waals surface area contributed by atoms with Crippen LogP contribution in [-0.4, -0.2) is 23.3 Å². The Kier molecular flexibility index (Phi) is 6.15. The third-order valence-electron chi connectivity index (χ3n) is 3.71. The van der Waals surface area contributed by atoms with E-state index in [0.29, 0.717) is 27.3 Å². The molecule has 0 unspecified atom stereocenters. The molecule has 3 rings (SSSR count). The molecule has 0 aliphatic heterocycles. The number of aryl methyl sites for hydroxylation is 1. The first kappa shape index (κ1) is 19.4. The van der Waals surface area contributed by atoms with Crippen LogP contribution in [-0.2, 0) is 6.54 Å². The number of hydrogen-bond donors (Lipinski definition) is 1. The predicted molar refractivity (Wildman–Crippen MR) is 110 cm³/mol. The highest BCUT2D eigenvalue weighted by atomic mass is 35.5. The zero-order valence-corrected chi connectivity index (χ0v) is 16.9. The van der Waals surface area contributed by atoms with Crippen LogP contribution in [0.1, 0.15) is 30.7 Å². The van der Waals surface area contributed by atoms with Crippen LogP contribution < -0.4 is 5.32 Å². The van der Waals surface area contributed by atoms with Gasteiger partial charge in [0.1, 0.15) is 0 Å². The molecule has 3 heterocycles. The molecule has 3 aromatic heterocycles. The molecule has 1 N–H and O–H groups in total. The van der Waals surface area contributed by atoms with Gasteiger partial charge >= 0.3 is 0 Å². The molecule has 0 atom stereocenters. The van der Waals surface area contributed by atoms with Crippen LogP contribution in [0.2, 0.25) is 4.34 Å². The van der Waals surface area contributed by atoms with Gasteiger partial charge < -0.3 is 14.6 Å². The summed E-state index contributed by atoms with van der Waals surface area (Å²) < 4.78 is 5.77. The minimum absolute atomic E-state index is 0.111. The highest BCUT2D eigenvalue weighted by Gasteiger charge is 2.21. The topological polar surface area (TPSA) is 62.6 Å². The van der Waals surface area contributed by atoms with E-state index in [1.165, 1.54) is 28.9 Å². The summed E-state index contributed by atoms with van der Waals surface area (Å²) in [4.78, 5) is 28.4. The van der Waals surface area contributed by atoms with Gasteiger partial charge in [0.2, 0.25) is 0 Å². The van der Waals surface area contributed by atoms with Crippen molar-refractivity contribution in [2.75, 3.05) is 11.9 Å². The van der Waals surface area contributed by atoms with Gasteiger partial charge in [0, 0.05) is 11.4 Å². The summed E-state index contributed by atoms with van der Waals surface area (Å²) in [6.07, 6.45) is 3.13. The molecule has 0 aliphatic carbocycles. The van der Waals surface area contributed by atoms with Crippen molar-refractivity contribution < 1.29 is 14.0 Å². The summed E-state index contributed by atoms with van der Waals surface area (Å²) in [5.41, 5.74) is 0.804. The number of thiophene rings is 2. The highest BCUT2D eigenvalue weighted by Crippen LogP contribution is 2.30. The SMILES string of the molecule is C=CCN(Cc1ccc(Cl)s1)C(=O)c1sc(NC(=O)c2ccco2)cc1C. The number of nitrogens with zero attached hydrogens (tertiary/aromatic N) is 1. The smallest absolute Gasteiger partial charge is 0.291 e. The Morgan fingerprint density at radius 3 is 2.78 bits per heavy atom. The van der Waals surface area contributed by atoms with E-state index in [-0.39, 0.29) is 17.6 Å². The Morgan fingerprint density at radius 2 is 2.15 bits per heavy atom. The molecule has 0 aromatic carbocycles. The fraction of sp³-hybridized carbons (Fsp3) is 0.158. The van der Waals surface area contributed by atoms with Crippen LogP contribution >= 0.6 is 34.3 Å². The molecular weight excluding hydrogens is 404 g/mol. The number of carbonyl (C=O) groups excluding carboxylic acids is 2. The molecule has 0 radical (unpaired) electrons. The monoisotopic (exact) mass is 420 g/mol. The summed E-state index contributed by atoms with van der Waals surface area (Å²) in [7, 11) is 0. The van der Waals surface area contributed by atoms with Crippen molar-refractivity contribution in [2.45, 2.75) is 13.5 Å². The first-order chi connectivity index (χ1) is 13.0. The Bertz CT molecular complexity index is 960. The zero-order valence-electron chi connectivity index (χ0n) is 14.5. The molecule has 0 spiro atoms. The van der Waals surface area contributed by atoms with Crippen LogP contribution in [0.15, 0.2) is 53.7 Å². The number of anilines is 1. The third kappa shape index (κ3) is 4.68. The second-order valence-electron chi connectivity index (χ2n) is 5.73. The molecule has 0 aliphatic rings. The molecule has 0 fully saturated rings. The van der Waals surface area contributed by atoms with Crippen molar-refractivity contribution in [3.05, 3.63) is 74.7 Å². The number of rotatable bonds is 7. The van der Waals surface area contributed by atoms with Gasteiger partial charge in [-0.3, -0.25) is 9.59 Å². The van der Waals surface area contributed by atoms with Gasteiger partial charge in [-0.15, -0.1) is 29.3 Å². The molecule has 27 heavy (non-hydrogen) atoms. The van der Waals surface area contributed by atoms with Crippen LogP contribution in [0.25, 0.3) is 0 Å². The van der Waals surface area contributed by atoms with Gasteiger partial charge in [0.15, 0.2) is 5.76 Å². The maximum Gasteiger partial charge on any atom is 0.291 e. The molecule has 0 saturated carbocycles. The van der Waals surface area contributed by atoms with Crippen LogP contribution in [0.3, 0.4) is 0 Å². The number of carbonyl (C=O) groups is 2. The molecule has 0 saturated heterocycles. The van der Waals surface area contributed by atoms with E-state index in [0.717, 1.165) is 10.4 Å². The molecule has 140 valence electrons. The largest absolute Gasteiger partial charge is 0.459 e. The van der Waals surface area contributed by atoms with Crippen molar-refractivity contribution in [3.8, 4) is 0 Å². The van der Waals surface area contributed by atoms with Crippen LogP contribution in [0.5, 0.6) is 0 Å². The number of hydrogen-bond acceptors (Lipinski definition) is 5. The average molecular weight is 421 g/mol. The van der Waals surface area contributed by atoms with E-state index >= 15 is 0 Å². The second-order valence-corrected chi connectivity index (χ2v) is 8.59. The van der Waals surface area contributed by atoms with Gasteiger partial charge in [-0.25, -0.2) is 0 Å². The predicted octanol–water partition coefficient (Wildman–Crippen LogP) is 5.45. The van der Waals surface area contributed by atoms with E-state index < -0.39 is 0 Å². The van der Waals surface area contributed by atoms with Gasteiger partial charge in [0.25, 0.3) is 11.8 Å². The average Bonchev–Trinajstić information content (AvgIpc) is 3.36. The summed E-state index contributed by atoms with van der Waals surface area (Å²) in [6, 6.07) is 8.74. The highest BCUT2D eigenvalue weighted by molar-refractivity contribution is 7.18. The summed E-state index contributed by atoms with van der Waals surface area (Å²) >= 11 is 8.67. The fourth-order valence-corrected chi connectivity index (χ4v) is 4.62. The molecule has 8 heteroatoms. The molecule has 2 amide bonds. The standard InChI is InChI=1S/C19H17ClN2O3S2/c1-3-8-22(11-13-6-7-15(20)26-13)19(24)17-12(2)10-16(27-17)21-18(23)14-5-4-9-25-14/h3-7,9-10H,1,8,11H2,2H3,(H,21,23). The lowest BCUT2D eigenvalue weighted by Gasteiger charge is -2.20. The summed E-state index contributed by atoms with van der Waals surface area (Å²) in [5.74, 6) is -0.242. The van der Waals surface area contributed by atoms with Crippen molar-refractivity contribution >= 4 is 51.1 Å². The van der Waals surface area contributed by atoms with Crippen LogP contribution in [0.4, 0.5) is 5.00 Å². The zero-order chi connectivity index (χ0) is 19.4. The Hall–Kier alpha value is -2.35. The molecule has 5 nitrogen and oxygen atoms in total. The number of halogens is 1. The third-order valence-corrected chi connectivity index (χ3v) is 6.06. The Labute approximate surface area is 169 Å². The Morgan fingerprint density at radius 1 is 1.33 bits per heavy atom. The van der Waals surface area contributed by atoms with Crippen molar-refractivity contribution in [2.24, 2.45) is 0 Å².